The van der Waals surface area contributed by atoms with Crippen molar-refractivity contribution in [2.45, 2.75) is 51.0 Å². The smallest absolute Gasteiger partial charge is 0.0918 e. The predicted molar refractivity (Wildman–Crippen MR) is 63.1 cm³/mol. The van der Waals surface area contributed by atoms with Crippen LogP contribution in [0.15, 0.2) is 0 Å². The first-order valence-corrected chi connectivity index (χ1v) is 6.34. The maximum absolute atomic E-state index is 7.30. The van der Waals surface area contributed by atoms with E-state index in [1.807, 2.05) is 0 Å². The van der Waals surface area contributed by atoms with E-state index in [0.29, 0.717) is 5.84 Å². The molecular weight excluding hydrogens is 186 g/mol. The van der Waals surface area contributed by atoms with Crippen molar-refractivity contribution in [1.82, 2.24) is 4.90 Å². The van der Waals surface area contributed by atoms with Crippen LogP contribution in [0, 0.1) is 11.3 Å². The lowest BCUT2D eigenvalue weighted by molar-refractivity contribution is 0.0633. The second-order valence-corrected chi connectivity index (χ2v) is 5.07. The Hall–Kier alpha value is -0.570. The quantitative estimate of drug-likeness (QED) is 0.551. The molecule has 1 saturated carbocycles. The largest absolute Gasteiger partial charge is 0.388 e. The summed E-state index contributed by atoms with van der Waals surface area (Å²) in [4.78, 5) is 2.59. The number of hydrogen-bond donors (Lipinski definition) is 2. The van der Waals surface area contributed by atoms with Crippen LogP contribution >= 0.6 is 0 Å². The summed E-state index contributed by atoms with van der Waals surface area (Å²) in [6, 6.07) is 0.812. The first-order chi connectivity index (χ1) is 7.27. The third kappa shape index (κ3) is 2.71. The standard InChI is InChI=1S/C12H23N3/c13-12(14)7-9-15-8-3-5-10-4-1-2-6-11(10)15/h10-11H,1-9H2,(H3,13,14)/t10-,11-/m1/s1. The Balaban J connectivity index is 1.88. The van der Waals surface area contributed by atoms with Gasteiger partial charge in [0.2, 0.25) is 0 Å². The zero-order chi connectivity index (χ0) is 10.7. The lowest BCUT2D eigenvalue weighted by Gasteiger charge is -2.44. The van der Waals surface area contributed by atoms with Crippen LogP contribution in [-0.4, -0.2) is 29.9 Å². The van der Waals surface area contributed by atoms with Gasteiger partial charge in [-0.05, 0) is 38.1 Å². The van der Waals surface area contributed by atoms with Crippen molar-refractivity contribution in [1.29, 1.82) is 5.41 Å². The molecule has 2 aliphatic rings. The highest BCUT2D eigenvalue weighted by Gasteiger charge is 2.32. The molecule has 0 bridgehead atoms. The van der Waals surface area contributed by atoms with Crippen molar-refractivity contribution >= 4 is 5.84 Å². The van der Waals surface area contributed by atoms with Gasteiger partial charge in [-0.1, -0.05) is 12.8 Å². The minimum atomic E-state index is 0.341. The molecule has 0 unspecified atom stereocenters. The van der Waals surface area contributed by atoms with Crippen LogP contribution in [0.5, 0.6) is 0 Å². The molecule has 86 valence electrons. The molecule has 1 aliphatic carbocycles. The van der Waals surface area contributed by atoms with Gasteiger partial charge in [0, 0.05) is 19.0 Å². The van der Waals surface area contributed by atoms with Gasteiger partial charge in [-0.25, -0.2) is 0 Å². The number of hydrogen-bond acceptors (Lipinski definition) is 2. The van der Waals surface area contributed by atoms with E-state index in [1.54, 1.807) is 0 Å². The van der Waals surface area contributed by atoms with Crippen molar-refractivity contribution in [3.05, 3.63) is 0 Å². The number of amidine groups is 1. The summed E-state index contributed by atoms with van der Waals surface area (Å²) in [6.45, 7) is 2.24. The Bertz CT molecular complexity index is 225. The minimum Gasteiger partial charge on any atom is -0.388 e. The van der Waals surface area contributed by atoms with Crippen LogP contribution in [-0.2, 0) is 0 Å². The first kappa shape index (κ1) is 10.9. The molecule has 0 aromatic carbocycles. The molecule has 0 aromatic rings. The molecule has 3 nitrogen and oxygen atoms in total. The highest BCUT2D eigenvalue weighted by atomic mass is 15.2. The second kappa shape index (κ2) is 4.97. The van der Waals surface area contributed by atoms with Gasteiger partial charge >= 0.3 is 0 Å². The predicted octanol–water partition coefficient (Wildman–Crippen LogP) is 1.97. The molecule has 2 rings (SSSR count). The number of fused-ring (bicyclic) bond motifs is 1. The average molecular weight is 209 g/mol. The van der Waals surface area contributed by atoms with Crippen molar-refractivity contribution in [2.75, 3.05) is 13.1 Å². The monoisotopic (exact) mass is 209 g/mol. The molecule has 0 amide bonds. The molecule has 15 heavy (non-hydrogen) atoms. The number of nitrogens with one attached hydrogen (secondary N) is 1. The Morgan fingerprint density at radius 1 is 1.20 bits per heavy atom. The van der Waals surface area contributed by atoms with Crippen LogP contribution in [0.4, 0.5) is 0 Å². The SMILES string of the molecule is N=C(N)CCN1CCC[C@H]2CCCC[C@H]21. The third-order valence-corrected chi connectivity index (χ3v) is 4.03. The van der Waals surface area contributed by atoms with Crippen molar-refractivity contribution < 1.29 is 0 Å². The molecule has 0 spiro atoms. The molecule has 1 saturated heterocycles. The van der Waals surface area contributed by atoms with Crippen LogP contribution in [0.2, 0.25) is 0 Å². The molecule has 2 fully saturated rings. The average Bonchev–Trinajstić information content (AvgIpc) is 2.26. The molecule has 2 atom stereocenters. The Morgan fingerprint density at radius 3 is 2.73 bits per heavy atom. The first-order valence-electron chi connectivity index (χ1n) is 6.34. The van der Waals surface area contributed by atoms with Gasteiger partial charge in [-0.15, -0.1) is 0 Å². The zero-order valence-electron chi connectivity index (χ0n) is 9.54. The van der Waals surface area contributed by atoms with Gasteiger partial charge in [-0.3, -0.25) is 10.3 Å². The molecule has 1 aliphatic heterocycles. The van der Waals surface area contributed by atoms with E-state index in [-0.39, 0.29) is 0 Å². The van der Waals surface area contributed by atoms with E-state index in [9.17, 15) is 0 Å². The highest BCUT2D eigenvalue weighted by molar-refractivity contribution is 5.76. The molecule has 1 heterocycles. The summed E-state index contributed by atoms with van der Waals surface area (Å²) < 4.78 is 0. The van der Waals surface area contributed by atoms with Crippen LogP contribution in [0.3, 0.4) is 0 Å². The summed E-state index contributed by atoms with van der Waals surface area (Å²) in [7, 11) is 0. The Morgan fingerprint density at radius 2 is 1.93 bits per heavy atom. The number of piperidine rings is 1. The number of likely N-dealkylation sites (tertiary alicyclic amines) is 1. The minimum absolute atomic E-state index is 0.341. The number of rotatable bonds is 3. The molecule has 3 N–H and O–H groups in total. The zero-order valence-corrected chi connectivity index (χ0v) is 9.54. The van der Waals surface area contributed by atoms with Gasteiger partial charge in [0.05, 0.1) is 5.84 Å². The number of nitrogens with two attached hydrogens (primary N) is 1. The van der Waals surface area contributed by atoms with Crippen molar-refractivity contribution in [3.8, 4) is 0 Å². The van der Waals surface area contributed by atoms with Crippen LogP contribution in [0.1, 0.15) is 44.9 Å². The molecule has 3 heteroatoms. The summed E-state index contributed by atoms with van der Waals surface area (Å²) in [6.07, 6.45) is 9.17. The summed E-state index contributed by atoms with van der Waals surface area (Å²) >= 11 is 0. The van der Waals surface area contributed by atoms with E-state index >= 15 is 0 Å². The molecule has 0 radical (unpaired) electrons. The maximum atomic E-state index is 7.30. The van der Waals surface area contributed by atoms with Gasteiger partial charge in [0.25, 0.3) is 0 Å². The van der Waals surface area contributed by atoms with Gasteiger partial charge in [-0.2, -0.15) is 0 Å². The fourth-order valence-corrected chi connectivity index (χ4v) is 3.27. The highest BCUT2D eigenvalue weighted by Crippen LogP contribution is 2.35. The fraction of sp³-hybridized carbons (Fsp3) is 0.917. The normalized spacial score (nSPS) is 32.3. The maximum Gasteiger partial charge on any atom is 0.0918 e. The fourth-order valence-electron chi connectivity index (χ4n) is 3.27. The topological polar surface area (TPSA) is 53.1 Å². The van der Waals surface area contributed by atoms with Crippen LogP contribution < -0.4 is 5.73 Å². The van der Waals surface area contributed by atoms with Gasteiger partial charge < -0.3 is 5.73 Å². The van der Waals surface area contributed by atoms with E-state index in [2.05, 4.69) is 4.90 Å². The number of nitrogens with zero attached hydrogens (tertiary/aromatic N) is 1. The molecular formula is C12H23N3. The lowest BCUT2D eigenvalue weighted by atomic mass is 9.78. The van der Waals surface area contributed by atoms with Crippen LogP contribution in [0.25, 0.3) is 0 Å². The molecule has 0 aromatic heterocycles. The Labute approximate surface area is 92.5 Å². The summed E-state index contributed by atoms with van der Waals surface area (Å²) in [5, 5.41) is 7.30. The Kier molecular flexibility index (Phi) is 3.62. The summed E-state index contributed by atoms with van der Waals surface area (Å²) in [5.41, 5.74) is 5.43. The summed E-state index contributed by atoms with van der Waals surface area (Å²) in [5.74, 6) is 1.28. The second-order valence-electron chi connectivity index (χ2n) is 5.07. The third-order valence-electron chi connectivity index (χ3n) is 4.03. The van der Waals surface area contributed by atoms with E-state index < -0.39 is 0 Å². The van der Waals surface area contributed by atoms with E-state index in [1.165, 1.54) is 45.1 Å². The van der Waals surface area contributed by atoms with E-state index in [4.69, 9.17) is 11.1 Å². The van der Waals surface area contributed by atoms with Gasteiger partial charge in [0.15, 0.2) is 0 Å². The van der Waals surface area contributed by atoms with E-state index in [0.717, 1.165) is 24.9 Å². The van der Waals surface area contributed by atoms with Crippen molar-refractivity contribution in [2.24, 2.45) is 11.7 Å². The van der Waals surface area contributed by atoms with Gasteiger partial charge in [0.1, 0.15) is 0 Å². The van der Waals surface area contributed by atoms with Crippen molar-refractivity contribution in [3.63, 3.8) is 0 Å². The lowest BCUT2D eigenvalue weighted by Crippen LogP contribution is -2.47.